The van der Waals surface area contributed by atoms with Gasteiger partial charge in [0.2, 0.25) is 5.88 Å². The standard InChI is InChI=1S/C12H21N3O/c1-4-6-9(3)16-12-10(7-5-2)11(13)14-8-15-12/h8-9H,4-7H2,1-3H3,(H2,13,14,15). The SMILES string of the molecule is CCCc1c(N)ncnc1OC(C)CCC. The van der Waals surface area contributed by atoms with E-state index in [1.807, 2.05) is 0 Å². The van der Waals surface area contributed by atoms with Crippen LogP contribution < -0.4 is 10.5 Å². The maximum atomic E-state index is 5.83. The summed E-state index contributed by atoms with van der Waals surface area (Å²) in [5.74, 6) is 1.19. The van der Waals surface area contributed by atoms with E-state index >= 15 is 0 Å². The van der Waals surface area contributed by atoms with Gasteiger partial charge in [0.1, 0.15) is 12.1 Å². The number of ether oxygens (including phenoxy) is 1. The Kier molecular flexibility index (Phi) is 5.02. The molecule has 0 amide bonds. The maximum absolute atomic E-state index is 5.83. The molecule has 0 spiro atoms. The van der Waals surface area contributed by atoms with Crippen LogP contribution >= 0.6 is 0 Å². The molecule has 0 aliphatic heterocycles. The summed E-state index contributed by atoms with van der Waals surface area (Å²) in [6.07, 6.45) is 5.63. The zero-order valence-electron chi connectivity index (χ0n) is 10.4. The third-order valence-electron chi connectivity index (χ3n) is 2.45. The summed E-state index contributed by atoms with van der Waals surface area (Å²) in [6.45, 7) is 6.30. The fourth-order valence-electron chi connectivity index (χ4n) is 1.65. The molecule has 16 heavy (non-hydrogen) atoms. The lowest BCUT2D eigenvalue weighted by atomic mass is 10.1. The molecule has 1 atom stereocenters. The van der Waals surface area contributed by atoms with Gasteiger partial charge in [-0.25, -0.2) is 9.97 Å². The third kappa shape index (κ3) is 3.36. The highest BCUT2D eigenvalue weighted by molar-refractivity contribution is 5.44. The van der Waals surface area contributed by atoms with Crippen LogP contribution in [0.1, 0.15) is 45.6 Å². The maximum Gasteiger partial charge on any atom is 0.222 e. The van der Waals surface area contributed by atoms with Crippen molar-refractivity contribution >= 4 is 5.82 Å². The second kappa shape index (κ2) is 6.30. The van der Waals surface area contributed by atoms with Crippen molar-refractivity contribution in [1.29, 1.82) is 0 Å². The Hall–Kier alpha value is -1.32. The second-order valence-corrected chi connectivity index (χ2v) is 4.01. The number of nitrogen functional groups attached to an aromatic ring is 1. The Bertz CT molecular complexity index is 328. The lowest BCUT2D eigenvalue weighted by Crippen LogP contribution is -2.14. The lowest BCUT2D eigenvalue weighted by Gasteiger charge is -2.16. The van der Waals surface area contributed by atoms with Crippen LogP contribution in [0.4, 0.5) is 5.82 Å². The first-order chi connectivity index (χ1) is 7.69. The molecule has 0 aromatic carbocycles. The van der Waals surface area contributed by atoms with Crippen molar-refractivity contribution in [3.63, 3.8) is 0 Å². The van der Waals surface area contributed by atoms with Gasteiger partial charge in [-0.3, -0.25) is 0 Å². The van der Waals surface area contributed by atoms with Crippen LogP contribution in [0, 0.1) is 0 Å². The number of rotatable bonds is 6. The highest BCUT2D eigenvalue weighted by Gasteiger charge is 2.12. The highest BCUT2D eigenvalue weighted by Crippen LogP contribution is 2.22. The van der Waals surface area contributed by atoms with Crippen molar-refractivity contribution in [2.24, 2.45) is 0 Å². The number of nitrogens with two attached hydrogens (primary N) is 1. The Balaban J connectivity index is 2.81. The van der Waals surface area contributed by atoms with E-state index in [0.29, 0.717) is 11.7 Å². The van der Waals surface area contributed by atoms with E-state index in [1.165, 1.54) is 6.33 Å². The van der Waals surface area contributed by atoms with Crippen molar-refractivity contribution in [2.45, 2.75) is 52.6 Å². The molecule has 0 fully saturated rings. The van der Waals surface area contributed by atoms with E-state index in [4.69, 9.17) is 10.5 Å². The first kappa shape index (κ1) is 12.7. The predicted octanol–water partition coefficient (Wildman–Crippen LogP) is 2.58. The van der Waals surface area contributed by atoms with Crippen molar-refractivity contribution in [1.82, 2.24) is 9.97 Å². The Labute approximate surface area is 97.2 Å². The monoisotopic (exact) mass is 223 g/mol. The first-order valence-corrected chi connectivity index (χ1v) is 5.95. The van der Waals surface area contributed by atoms with Gasteiger partial charge in [0.05, 0.1) is 11.7 Å². The molecule has 1 rings (SSSR count). The summed E-state index contributed by atoms with van der Waals surface area (Å²) in [7, 11) is 0. The summed E-state index contributed by atoms with van der Waals surface area (Å²) >= 11 is 0. The van der Waals surface area contributed by atoms with Crippen LogP contribution in [-0.4, -0.2) is 16.1 Å². The van der Waals surface area contributed by atoms with Crippen LogP contribution in [0.3, 0.4) is 0 Å². The van der Waals surface area contributed by atoms with Crippen molar-refractivity contribution in [3.05, 3.63) is 11.9 Å². The summed E-state index contributed by atoms with van der Waals surface area (Å²) in [5, 5.41) is 0. The number of hydrogen-bond acceptors (Lipinski definition) is 4. The summed E-state index contributed by atoms with van der Waals surface area (Å²) in [6, 6.07) is 0. The zero-order chi connectivity index (χ0) is 12.0. The Morgan fingerprint density at radius 3 is 2.69 bits per heavy atom. The van der Waals surface area contributed by atoms with Crippen molar-refractivity contribution in [2.75, 3.05) is 5.73 Å². The lowest BCUT2D eigenvalue weighted by molar-refractivity contribution is 0.199. The summed E-state index contributed by atoms with van der Waals surface area (Å²) in [5.41, 5.74) is 6.76. The summed E-state index contributed by atoms with van der Waals surface area (Å²) in [4.78, 5) is 8.17. The van der Waals surface area contributed by atoms with E-state index in [-0.39, 0.29) is 6.10 Å². The topological polar surface area (TPSA) is 61.0 Å². The van der Waals surface area contributed by atoms with Crippen LogP contribution in [-0.2, 0) is 6.42 Å². The molecule has 1 heterocycles. The van der Waals surface area contributed by atoms with Crippen LogP contribution in [0.15, 0.2) is 6.33 Å². The number of aromatic nitrogens is 2. The van der Waals surface area contributed by atoms with Gasteiger partial charge in [0.25, 0.3) is 0 Å². The number of hydrogen-bond donors (Lipinski definition) is 1. The molecule has 0 aliphatic rings. The molecule has 1 aromatic heterocycles. The minimum Gasteiger partial charge on any atom is -0.474 e. The van der Waals surface area contributed by atoms with Gasteiger partial charge in [-0.2, -0.15) is 0 Å². The molecular weight excluding hydrogens is 202 g/mol. The van der Waals surface area contributed by atoms with Gasteiger partial charge in [-0.1, -0.05) is 26.7 Å². The van der Waals surface area contributed by atoms with Crippen LogP contribution in [0.2, 0.25) is 0 Å². The minimum absolute atomic E-state index is 0.176. The molecule has 4 heteroatoms. The van der Waals surface area contributed by atoms with Gasteiger partial charge in [0.15, 0.2) is 0 Å². The average Bonchev–Trinajstić information content (AvgIpc) is 2.23. The quantitative estimate of drug-likeness (QED) is 0.805. The average molecular weight is 223 g/mol. The molecule has 0 saturated heterocycles. The highest BCUT2D eigenvalue weighted by atomic mass is 16.5. The summed E-state index contributed by atoms with van der Waals surface area (Å²) < 4.78 is 5.79. The molecule has 0 aliphatic carbocycles. The van der Waals surface area contributed by atoms with Gasteiger partial charge in [-0.15, -0.1) is 0 Å². The second-order valence-electron chi connectivity index (χ2n) is 4.01. The molecule has 0 radical (unpaired) electrons. The molecule has 0 saturated carbocycles. The normalized spacial score (nSPS) is 12.4. The molecule has 4 nitrogen and oxygen atoms in total. The van der Waals surface area contributed by atoms with E-state index in [1.54, 1.807) is 0 Å². The molecule has 90 valence electrons. The fraction of sp³-hybridized carbons (Fsp3) is 0.667. The molecular formula is C12H21N3O. The van der Waals surface area contributed by atoms with Gasteiger partial charge < -0.3 is 10.5 Å². The predicted molar refractivity (Wildman–Crippen MR) is 65.4 cm³/mol. The third-order valence-corrected chi connectivity index (χ3v) is 2.45. The van der Waals surface area contributed by atoms with Crippen molar-refractivity contribution in [3.8, 4) is 5.88 Å². The number of anilines is 1. The first-order valence-electron chi connectivity index (χ1n) is 5.95. The molecule has 2 N–H and O–H groups in total. The zero-order valence-corrected chi connectivity index (χ0v) is 10.4. The van der Waals surface area contributed by atoms with E-state index in [2.05, 4.69) is 30.7 Å². The Morgan fingerprint density at radius 1 is 1.31 bits per heavy atom. The van der Waals surface area contributed by atoms with Crippen LogP contribution in [0.5, 0.6) is 5.88 Å². The Morgan fingerprint density at radius 2 is 2.06 bits per heavy atom. The van der Waals surface area contributed by atoms with E-state index < -0.39 is 0 Å². The van der Waals surface area contributed by atoms with Gasteiger partial charge >= 0.3 is 0 Å². The van der Waals surface area contributed by atoms with Gasteiger partial charge in [-0.05, 0) is 19.8 Å². The van der Waals surface area contributed by atoms with Crippen molar-refractivity contribution < 1.29 is 4.74 Å². The minimum atomic E-state index is 0.176. The molecule has 1 unspecified atom stereocenters. The largest absolute Gasteiger partial charge is 0.474 e. The fourth-order valence-corrected chi connectivity index (χ4v) is 1.65. The van der Waals surface area contributed by atoms with Gasteiger partial charge in [0, 0.05) is 0 Å². The number of nitrogens with zero attached hydrogens (tertiary/aromatic N) is 2. The van der Waals surface area contributed by atoms with E-state index in [9.17, 15) is 0 Å². The molecule has 1 aromatic rings. The van der Waals surface area contributed by atoms with E-state index in [0.717, 1.165) is 31.2 Å². The smallest absolute Gasteiger partial charge is 0.222 e. The molecule has 0 bridgehead atoms. The van der Waals surface area contributed by atoms with Crippen LogP contribution in [0.25, 0.3) is 0 Å².